The van der Waals surface area contributed by atoms with E-state index in [9.17, 15) is 4.79 Å². The molecule has 0 unspecified atom stereocenters. The van der Waals surface area contributed by atoms with Crippen molar-refractivity contribution >= 4 is 23.2 Å². The van der Waals surface area contributed by atoms with Gasteiger partial charge in [0.2, 0.25) is 5.88 Å². The zero-order chi connectivity index (χ0) is 20.3. The number of pyridine rings is 1. The molecule has 0 aliphatic rings. The van der Waals surface area contributed by atoms with E-state index >= 15 is 0 Å². The minimum absolute atomic E-state index is 0.367. The van der Waals surface area contributed by atoms with Gasteiger partial charge in [-0.05, 0) is 42.5 Å². The van der Waals surface area contributed by atoms with Gasteiger partial charge in [0.1, 0.15) is 0 Å². The van der Waals surface area contributed by atoms with Crippen molar-refractivity contribution in [1.82, 2.24) is 24.8 Å². The summed E-state index contributed by atoms with van der Waals surface area (Å²) in [6.45, 7) is 0. The standard InChI is InChI=1S/C21H15N7O2/c29-21(24-19-7-3-11-30-19)23-16-6-1-4-14(12-16)17-8-9-18-25-26-20(28(18)27-17)15-5-2-10-22-13-15/h1-13H,(H2,23,24,29). The topological polar surface area (TPSA) is 110 Å². The molecule has 4 heterocycles. The number of urea groups is 1. The van der Waals surface area contributed by atoms with Gasteiger partial charge in [-0.15, -0.1) is 10.2 Å². The van der Waals surface area contributed by atoms with Crippen molar-refractivity contribution in [1.29, 1.82) is 0 Å². The summed E-state index contributed by atoms with van der Waals surface area (Å²) >= 11 is 0. The lowest BCUT2D eigenvalue weighted by Crippen LogP contribution is -2.18. The van der Waals surface area contributed by atoms with Crippen molar-refractivity contribution in [2.75, 3.05) is 10.6 Å². The smallest absolute Gasteiger partial charge is 0.326 e. The molecule has 5 rings (SSSR count). The predicted molar refractivity (Wildman–Crippen MR) is 111 cm³/mol. The van der Waals surface area contributed by atoms with Gasteiger partial charge in [-0.2, -0.15) is 9.61 Å². The fraction of sp³-hybridized carbons (Fsp3) is 0. The minimum Gasteiger partial charge on any atom is -0.449 e. The molecule has 30 heavy (non-hydrogen) atoms. The van der Waals surface area contributed by atoms with Crippen LogP contribution in [0.1, 0.15) is 0 Å². The van der Waals surface area contributed by atoms with Gasteiger partial charge < -0.3 is 9.73 Å². The van der Waals surface area contributed by atoms with Crippen LogP contribution in [0.3, 0.4) is 0 Å². The van der Waals surface area contributed by atoms with Crippen LogP contribution in [0.2, 0.25) is 0 Å². The second-order valence-corrected chi connectivity index (χ2v) is 6.39. The Morgan fingerprint density at radius 1 is 0.933 bits per heavy atom. The summed E-state index contributed by atoms with van der Waals surface area (Å²) in [6, 6.07) is 17.8. The lowest BCUT2D eigenvalue weighted by atomic mass is 10.1. The number of anilines is 2. The third kappa shape index (κ3) is 3.47. The van der Waals surface area contributed by atoms with Crippen molar-refractivity contribution in [3.63, 3.8) is 0 Å². The lowest BCUT2D eigenvalue weighted by molar-refractivity contribution is 0.261. The van der Waals surface area contributed by atoms with Gasteiger partial charge in [0.15, 0.2) is 11.5 Å². The number of rotatable bonds is 4. The van der Waals surface area contributed by atoms with Gasteiger partial charge in [0.05, 0.1) is 12.0 Å². The molecular formula is C21H15N7O2. The molecule has 0 radical (unpaired) electrons. The molecule has 2 N–H and O–H groups in total. The average Bonchev–Trinajstić information content (AvgIpc) is 3.43. The molecule has 9 nitrogen and oxygen atoms in total. The van der Waals surface area contributed by atoms with E-state index in [0.29, 0.717) is 28.7 Å². The Kier molecular flexibility index (Phi) is 4.37. The van der Waals surface area contributed by atoms with Gasteiger partial charge in [0.25, 0.3) is 0 Å². The molecule has 1 aromatic carbocycles. The summed E-state index contributed by atoms with van der Waals surface area (Å²) in [5.74, 6) is 0.971. The van der Waals surface area contributed by atoms with Crippen LogP contribution >= 0.6 is 0 Å². The number of fused-ring (bicyclic) bond motifs is 1. The van der Waals surface area contributed by atoms with Crippen LogP contribution in [0.5, 0.6) is 0 Å². The normalized spacial score (nSPS) is 10.8. The van der Waals surface area contributed by atoms with Gasteiger partial charge in [-0.25, -0.2) is 4.79 Å². The number of carbonyl (C=O) groups is 1. The maximum absolute atomic E-state index is 12.1. The van der Waals surface area contributed by atoms with Crippen LogP contribution in [-0.4, -0.2) is 30.8 Å². The molecule has 0 aliphatic heterocycles. The number of nitrogens with zero attached hydrogens (tertiary/aromatic N) is 5. The second kappa shape index (κ2) is 7.47. The van der Waals surface area contributed by atoms with Gasteiger partial charge in [-0.3, -0.25) is 10.3 Å². The minimum atomic E-state index is -0.400. The first-order chi connectivity index (χ1) is 14.8. The second-order valence-electron chi connectivity index (χ2n) is 6.39. The zero-order valence-electron chi connectivity index (χ0n) is 15.6. The molecule has 0 atom stereocenters. The Morgan fingerprint density at radius 3 is 2.70 bits per heavy atom. The number of furan rings is 1. The van der Waals surface area contributed by atoms with Crippen molar-refractivity contribution < 1.29 is 9.21 Å². The molecule has 146 valence electrons. The number of carbonyl (C=O) groups excluding carboxylic acids is 1. The third-order valence-corrected chi connectivity index (χ3v) is 4.36. The molecular weight excluding hydrogens is 382 g/mol. The molecule has 0 fully saturated rings. The van der Waals surface area contributed by atoms with E-state index in [4.69, 9.17) is 4.42 Å². The van der Waals surface area contributed by atoms with E-state index in [1.807, 2.05) is 42.5 Å². The Balaban J connectivity index is 1.44. The third-order valence-electron chi connectivity index (χ3n) is 4.36. The number of nitrogens with one attached hydrogen (secondary N) is 2. The summed E-state index contributed by atoms with van der Waals surface area (Å²) in [7, 11) is 0. The van der Waals surface area contributed by atoms with Crippen LogP contribution in [0.4, 0.5) is 16.4 Å². The zero-order valence-corrected chi connectivity index (χ0v) is 15.6. The van der Waals surface area contributed by atoms with Crippen LogP contribution < -0.4 is 10.6 Å². The fourth-order valence-electron chi connectivity index (χ4n) is 3.00. The van der Waals surface area contributed by atoms with Crippen LogP contribution in [0.25, 0.3) is 28.3 Å². The highest BCUT2D eigenvalue weighted by molar-refractivity contribution is 5.99. The Bertz CT molecular complexity index is 1310. The molecule has 0 aliphatic carbocycles. The first kappa shape index (κ1) is 17.6. The Labute approximate surface area is 170 Å². The molecule has 4 aromatic heterocycles. The summed E-state index contributed by atoms with van der Waals surface area (Å²) in [5.41, 5.74) is 3.61. The van der Waals surface area contributed by atoms with Crippen LogP contribution in [0, 0.1) is 0 Å². The molecule has 0 spiro atoms. The molecule has 0 bridgehead atoms. The molecule has 0 saturated heterocycles. The summed E-state index contributed by atoms with van der Waals surface area (Å²) in [6.07, 6.45) is 4.90. The van der Waals surface area contributed by atoms with Gasteiger partial charge in [-0.1, -0.05) is 12.1 Å². The van der Waals surface area contributed by atoms with E-state index < -0.39 is 6.03 Å². The number of benzene rings is 1. The average molecular weight is 397 g/mol. The lowest BCUT2D eigenvalue weighted by Gasteiger charge is -2.08. The van der Waals surface area contributed by atoms with E-state index in [0.717, 1.165) is 11.1 Å². The molecule has 0 saturated carbocycles. The SMILES string of the molecule is O=C(Nc1cccc(-c2ccc3nnc(-c4cccnc4)n3n2)c1)Nc1ccco1. The molecule has 9 heteroatoms. The van der Waals surface area contributed by atoms with E-state index in [1.165, 1.54) is 6.26 Å². The molecule has 2 amide bonds. The summed E-state index contributed by atoms with van der Waals surface area (Å²) in [5, 5.41) is 18.5. The number of hydrogen-bond acceptors (Lipinski definition) is 6. The first-order valence-electron chi connectivity index (χ1n) is 9.11. The van der Waals surface area contributed by atoms with Crippen molar-refractivity contribution in [2.45, 2.75) is 0 Å². The fourth-order valence-corrected chi connectivity index (χ4v) is 3.00. The predicted octanol–water partition coefficient (Wildman–Crippen LogP) is 4.09. The van der Waals surface area contributed by atoms with E-state index in [-0.39, 0.29) is 0 Å². The first-order valence-corrected chi connectivity index (χ1v) is 9.11. The van der Waals surface area contributed by atoms with E-state index in [2.05, 4.69) is 30.9 Å². The quantitative estimate of drug-likeness (QED) is 0.473. The Morgan fingerprint density at radius 2 is 1.87 bits per heavy atom. The highest BCUT2D eigenvalue weighted by atomic mass is 16.3. The molecule has 5 aromatic rings. The van der Waals surface area contributed by atoms with Gasteiger partial charge in [0, 0.05) is 35.3 Å². The summed E-state index contributed by atoms with van der Waals surface area (Å²) < 4.78 is 6.79. The number of amides is 2. The van der Waals surface area contributed by atoms with E-state index in [1.54, 1.807) is 35.1 Å². The monoisotopic (exact) mass is 397 g/mol. The van der Waals surface area contributed by atoms with Crippen molar-refractivity contribution in [2.24, 2.45) is 0 Å². The van der Waals surface area contributed by atoms with Crippen LogP contribution in [0.15, 0.2) is 83.7 Å². The maximum Gasteiger partial charge on any atom is 0.326 e. The maximum atomic E-state index is 12.1. The van der Waals surface area contributed by atoms with Crippen molar-refractivity contribution in [3.05, 3.63) is 79.3 Å². The largest absolute Gasteiger partial charge is 0.449 e. The van der Waals surface area contributed by atoms with Crippen molar-refractivity contribution in [3.8, 4) is 22.6 Å². The highest BCUT2D eigenvalue weighted by Crippen LogP contribution is 2.23. The van der Waals surface area contributed by atoms with Gasteiger partial charge >= 0.3 is 6.03 Å². The number of aromatic nitrogens is 5. The summed E-state index contributed by atoms with van der Waals surface area (Å²) in [4.78, 5) is 16.3. The Hall–Kier alpha value is -4.53. The highest BCUT2D eigenvalue weighted by Gasteiger charge is 2.11. The number of hydrogen-bond donors (Lipinski definition) is 2. The van der Waals surface area contributed by atoms with Crippen LogP contribution in [-0.2, 0) is 0 Å².